The third-order valence-corrected chi connectivity index (χ3v) is 5.38. The van der Waals surface area contributed by atoms with E-state index in [-0.39, 0.29) is 18.6 Å². The van der Waals surface area contributed by atoms with Crippen LogP contribution in [0.5, 0.6) is 5.75 Å². The van der Waals surface area contributed by atoms with Crippen molar-refractivity contribution in [3.05, 3.63) is 77.2 Å². The number of rotatable bonds is 6. The van der Waals surface area contributed by atoms with Crippen LogP contribution in [0.1, 0.15) is 23.8 Å². The van der Waals surface area contributed by atoms with E-state index in [1.54, 1.807) is 37.6 Å². The second-order valence-electron chi connectivity index (χ2n) is 7.12. The molecule has 4 aromatic rings. The first-order valence-electron chi connectivity index (χ1n) is 9.84. The minimum Gasteiger partial charge on any atom is -0.497 e. The molecule has 0 saturated carbocycles. The van der Waals surface area contributed by atoms with Gasteiger partial charge in [-0.3, -0.25) is 4.79 Å². The van der Waals surface area contributed by atoms with Crippen LogP contribution in [-0.2, 0) is 4.79 Å². The Kier molecular flexibility index (Phi) is 5.24. The number of carbonyl (C=O) groups is 1. The summed E-state index contributed by atoms with van der Waals surface area (Å²) in [4.78, 5) is 19.9. The van der Waals surface area contributed by atoms with E-state index in [0.717, 1.165) is 17.0 Å². The van der Waals surface area contributed by atoms with E-state index in [1.807, 2.05) is 30.3 Å². The van der Waals surface area contributed by atoms with Gasteiger partial charge in [0.05, 0.1) is 19.1 Å². The number of amides is 1. The number of hydrazone groups is 1. The number of ether oxygens (including phenoxy) is 1. The monoisotopic (exact) mass is 451 g/mol. The van der Waals surface area contributed by atoms with Gasteiger partial charge in [-0.05, 0) is 65.4 Å². The van der Waals surface area contributed by atoms with Crippen LogP contribution in [0.15, 0.2) is 70.4 Å². The van der Waals surface area contributed by atoms with E-state index in [9.17, 15) is 4.79 Å². The van der Waals surface area contributed by atoms with E-state index in [2.05, 4.69) is 15.4 Å². The number of halogens is 1. The summed E-state index contributed by atoms with van der Waals surface area (Å²) in [6.07, 6.45) is 2.08. The summed E-state index contributed by atoms with van der Waals surface area (Å²) in [7, 11) is 1.61. The van der Waals surface area contributed by atoms with Gasteiger partial charge in [0.1, 0.15) is 28.6 Å². The van der Waals surface area contributed by atoms with Gasteiger partial charge in [0.25, 0.3) is 5.91 Å². The zero-order valence-corrected chi connectivity index (χ0v) is 17.8. The average Bonchev–Trinajstić information content (AvgIpc) is 3.57. The van der Waals surface area contributed by atoms with E-state index in [1.165, 1.54) is 9.85 Å². The maximum Gasteiger partial charge on any atom is 0.284 e. The fraction of sp³-hybridized carbons (Fsp3) is 0.182. The van der Waals surface area contributed by atoms with Crippen LogP contribution in [0, 0.1) is 0 Å². The van der Waals surface area contributed by atoms with Crippen molar-refractivity contribution in [2.45, 2.75) is 12.5 Å². The smallest absolute Gasteiger partial charge is 0.284 e. The molecule has 1 amide bonds. The molecule has 0 aliphatic carbocycles. The molecule has 3 heterocycles. The average molecular weight is 452 g/mol. The predicted molar refractivity (Wildman–Crippen MR) is 116 cm³/mol. The Balaban J connectivity index is 1.38. The Hall–Kier alpha value is -3.85. The summed E-state index contributed by atoms with van der Waals surface area (Å²) < 4.78 is 10.8. The van der Waals surface area contributed by atoms with Gasteiger partial charge in [-0.15, -0.1) is 5.10 Å². The highest BCUT2D eigenvalue weighted by Gasteiger charge is 2.35. The number of aromatic nitrogens is 3. The number of hydrogen-bond acceptors (Lipinski definition) is 7. The number of benzene rings is 2. The molecule has 0 saturated heterocycles. The molecule has 32 heavy (non-hydrogen) atoms. The van der Waals surface area contributed by atoms with Crippen LogP contribution in [0.4, 0.5) is 0 Å². The first-order chi connectivity index (χ1) is 15.6. The summed E-state index contributed by atoms with van der Waals surface area (Å²) in [5, 5.41) is 14.4. The zero-order valence-electron chi connectivity index (χ0n) is 17.0. The van der Waals surface area contributed by atoms with Crippen LogP contribution in [0.2, 0.25) is 5.02 Å². The first-order valence-corrected chi connectivity index (χ1v) is 10.2. The Morgan fingerprint density at radius 3 is 2.81 bits per heavy atom. The summed E-state index contributed by atoms with van der Waals surface area (Å²) >= 11 is 6.05. The van der Waals surface area contributed by atoms with Crippen LogP contribution >= 0.6 is 11.6 Å². The first kappa shape index (κ1) is 20.1. The lowest BCUT2D eigenvalue weighted by Crippen LogP contribution is -2.33. The maximum absolute atomic E-state index is 13.1. The molecule has 1 unspecified atom stereocenters. The number of nitrogens with zero attached hydrogens (tertiary/aromatic N) is 5. The van der Waals surface area contributed by atoms with Crippen LogP contribution in [0.25, 0.3) is 11.0 Å². The van der Waals surface area contributed by atoms with Crippen LogP contribution in [0.3, 0.4) is 0 Å². The van der Waals surface area contributed by atoms with E-state index < -0.39 is 0 Å². The van der Waals surface area contributed by atoms with Gasteiger partial charge in [-0.1, -0.05) is 16.4 Å². The van der Waals surface area contributed by atoms with Gasteiger partial charge in [0.15, 0.2) is 6.61 Å². The summed E-state index contributed by atoms with van der Waals surface area (Å²) in [6.45, 7) is -0.290. The van der Waals surface area contributed by atoms with Crippen molar-refractivity contribution in [1.82, 2.24) is 20.2 Å². The van der Waals surface area contributed by atoms with Crippen molar-refractivity contribution in [3.63, 3.8) is 0 Å². The Bertz CT molecular complexity index is 1280. The topological polar surface area (TPSA) is 95.0 Å². The quantitative estimate of drug-likeness (QED) is 0.445. The SMILES string of the molecule is COc1ccc(C2=NN(C(=O)COn3nnc4ccc(Cl)cc43)C(c3ccco3)C2)cc1. The largest absolute Gasteiger partial charge is 0.497 e. The molecule has 2 aromatic carbocycles. The number of carbonyl (C=O) groups excluding carboxylic acids is 1. The summed E-state index contributed by atoms with van der Waals surface area (Å²) in [6, 6.07) is 15.9. The van der Waals surface area contributed by atoms with Gasteiger partial charge >= 0.3 is 0 Å². The third-order valence-electron chi connectivity index (χ3n) is 5.15. The molecule has 162 valence electrons. The van der Waals surface area contributed by atoms with Crippen molar-refractivity contribution in [2.75, 3.05) is 13.7 Å². The molecule has 0 N–H and O–H groups in total. The molecule has 2 aromatic heterocycles. The highest BCUT2D eigenvalue weighted by molar-refractivity contribution is 6.31. The van der Waals surface area contributed by atoms with Gasteiger partial charge < -0.3 is 14.0 Å². The van der Waals surface area contributed by atoms with E-state index in [0.29, 0.717) is 28.2 Å². The van der Waals surface area contributed by atoms with E-state index in [4.69, 9.17) is 25.6 Å². The highest BCUT2D eigenvalue weighted by atomic mass is 35.5. The Morgan fingerprint density at radius 2 is 2.06 bits per heavy atom. The molecule has 0 radical (unpaired) electrons. The highest BCUT2D eigenvalue weighted by Crippen LogP contribution is 2.33. The minimum atomic E-state index is -0.375. The lowest BCUT2D eigenvalue weighted by Gasteiger charge is -2.19. The minimum absolute atomic E-state index is 0.290. The van der Waals surface area contributed by atoms with Crippen molar-refractivity contribution < 1.29 is 18.8 Å². The van der Waals surface area contributed by atoms with E-state index >= 15 is 0 Å². The molecule has 9 nitrogen and oxygen atoms in total. The number of methoxy groups -OCH3 is 1. The normalized spacial score (nSPS) is 15.8. The van der Waals surface area contributed by atoms with Gasteiger partial charge in [-0.25, -0.2) is 5.01 Å². The van der Waals surface area contributed by atoms with Gasteiger partial charge in [0.2, 0.25) is 0 Å². The van der Waals surface area contributed by atoms with Crippen LogP contribution in [-0.4, -0.2) is 45.5 Å². The zero-order chi connectivity index (χ0) is 22.1. The van der Waals surface area contributed by atoms with Gasteiger partial charge in [-0.2, -0.15) is 5.10 Å². The molecule has 0 spiro atoms. The lowest BCUT2D eigenvalue weighted by molar-refractivity contribution is -0.139. The molecule has 10 heteroatoms. The third kappa shape index (κ3) is 3.78. The molecule has 1 atom stereocenters. The number of fused-ring (bicyclic) bond motifs is 1. The standard InChI is InChI=1S/C22H18ClN5O4/c1-30-16-7-4-14(5-8-16)18-12-20(21-3-2-10-31-21)27(25-18)22(29)13-32-28-19-11-15(23)6-9-17(19)24-26-28/h2-11,20H,12-13H2,1H3. The van der Waals surface area contributed by atoms with Crippen molar-refractivity contribution in [3.8, 4) is 5.75 Å². The molecule has 1 aliphatic rings. The molecule has 5 rings (SSSR count). The number of hydrogen-bond donors (Lipinski definition) is 0. The lowest BCUT2D eigenvalue weighted by atomic mass is 10.0. The summed E-state index contributed by atoms with van der Waals surface area (Å²) in [5.74, 6) is 1.04. The van der Waals surface area contributed by atoms with Gasteiger partial charge in [0, 0.05) is 11.4 Å². The predicted octanol–water partition coefficient (Wildman–Crippen LogP) is 3.49. The fourth-order valence-corrected chi connectivity index (χ4v) is 3.72. The maximum atomic E-state index is 13.1. The number of furan rings is 1. The summed E-state index contributed by atoms with van der Waals surface area (Å²) in [5.41, 5.74) is 2.84. The second kappa shape index (κ2) is 8.35. The fourth-order valence-electron chi connectivity index (χ4n) is 3.55. The van der Waals surface area contributed by atoms with Crippen molar-refractivity contribution >= 4 is 34.3 Å². The molecular weight excluding hydrogens is 434 g/mol. The van der Waals surface area contributed by atoms with Crippen molar-refractivity contribution in [1.29, 1.82) is 0 Å². The Labute approximate surface area is 187 Å². The molecule has 1 aliphatic heterocycles. The molecule has 0 bridgehead atoms. The second-order valence-corrected chi connectivity index (χ2v) is 7.55. The van der Waals surface area contributed by atoms with Crippen molar-refractivity contribution in [2.24, 2.45) is 5.10 Å². The molecule has 0 fully saturated rings. The molecular formula is C22H18ClN5O4. The Morgan fingerprint density at radius 1 is 1.22 bits per heavy atom. The van der Waals surface area contributed by atoms with Crippen LogP contribution < -0.4 is 9.57 Å².